The Labute approximate surface area is 70.0 Å². The van der Waals surface area contributed by atoms with Gasteiger partial charge in [0.1, 0.15) is 0 Å². The van der Waals surface area contributed by atoms with Crippen molar-refractivity contribution in [1.82, 2.24) is 0 Å². The summed E-state index contributed by atoms with van der Waals surface area (Å²) in [4.78, 5) is 0. The van der Waals surface area contributed by atoms with Crippen molar-refractivity contribution < 1.29 is 6.48 Å². The van der Waals surface area contributed by atoms with Gasteiger partial charge in [0.25, 0.3) is 0 Å². The molecule has 8 heteroatoms. The smallest absolute Gasteiger partial charge is 0.693 e. The van der Waals surface area contributed by atoms with E-state index in [2.05, 4.69) is 0 Å². The Balaban J connectivity index is 0. The molecule has 0 bridgehead atoms. The van der Waals surface area contributed by atoms with Gasteiger partial charge in [-0.1, -0.05) is 0 Å². The van der Waals surface area contributed by atoms with Crippen molar-refractivity contribution in [2.24, 2.45) is 0 Å². The molecule has 0 aromatic rings. The van der Waals surface area contributed by atoms with E-state index in [1.165, 1.54) is 0 Å². The van der Waals surface area contributed by atoms with Gasteiger partial charge in [0.15, 0.2) is 0 Å². The second-order valence-corrected chi connectivity index (χ2v) is 38.0. The molecule has 0 amide bonds. The van der Waals surface area contributed by atoms with E-state index in [1.807, 2.05) is 0 Å². The van der Waals surface area contributed by atoms with Crippen LogP contribution in [0.3, 0.4) is 0 Å². The first-order valence-corrected chi connectivity index (χ1v) is 13.4. The average molecular weight is 332 g/mol. The first kappa shape index (κ1) is 13.0. The fourth-order valence-electron chi connectivity index (χ4n) is 0. The Morgan fingerprint density at radius 2 is 0.625 bits per heavy atom. The van der Waals surface area contributed by atoms with E-state index in [0.717, 1.165) is 0 Å². The molecule has 8 heavy (non-hydrogen) atoms. The molecular formula is H2Cl6NRh-. The Bertz CT molecular complexity index is 67.1. The number of nitrogens with two attached hydrogens (primary N) is 1. The van der Waals surface area contributed by atoms with Crippen LogP contribution < -0.4 is 0 Å². The van der Waals surface area contributed by atoms with Crippen LogP contribution in [0.1, 0.15) is 0 Å². The van der Waals surface area contributed by atoms with Gasteiger partial charge in [-0.2, -0.15) is 0 Å². The van der Waals surface area contributed by atoms with Crippen molar-refractivity contribution in [3.63, 3.8) is 0 Å². The normalized spacial score (nSPS) is 20.2. The molecule has 0 atom stereocenters. The maximum absolute atomic E-state index is 5.15. The van der Waals surface area contributed by atoms with E-state index in [-0.39, 0.29) is 6.15 Å². The van der Waals surface area contributed by atoms with Crippen LogP contribution in [0.5, 0.6) is 0 Å². The fraction of sp³-hybridized carbons (Fsp3) is 0. The van der Waals surface area contributed by atoms with Crippen molar-refractivity contribution in [2.75, 3.05) is 0 Å². The quantitative estimate of drug-likeness (QED) is 0.569. The maximum Gasteiger partial charge on any atom is -0.693 e. The second-order valence-electron chi connectivity index (χ2n) is 0.714. The van der Waals surface area contributed by atoms with Gasteiger partial charge in [-0.25, -0.2) is 0 Å². The molecular weight excluding hydrogens is 330 g/mol. The van der Waals surface area contributed by atoms with Crippen LogP contribution in [-0.2, 0) is 6.48 Å². The Hall–Kier alpha value is 2.32. The predicted octanol–water partition coefficient (Wildman–Crippen LogP) is 4.85. The Morgan fingerprint density at radius 1 is 0.625 bits per heavy atom. The standard InChI is InChI=1S/6ClH.H2N.Rh/h6*1H;1H2;/q;;;;;;-1;+6/p-6. The Morgan fingerprint density at radius 3 is 0.625 bits per heavy atom. The monoisotopic (exact) mass is 329 g/mol. The molecule has 0 aliphatic heterocycles. The topological polar surface area (TPSA) is 33.5 Å². The first-order chi connectivity index (χ1) is 2.45. The second kappa shape index (κ2) is 2.15. The van der Waals surface area contributed by atoms with Gasteiger partial charge in [0, 0.05) is 0 Å². The third kappa shape index (κ3) is 82.7. The van der Waals surface area contributed by atoms with Gasteiger partial charge >= 0.3 is 64.6 Å². The predicted molar refractivity (Wildman–Crippen MR) is 40.4 cm³/mol. The third-order valence-corrected chi connectivity index (χ3v) is 0. The summed E-state index contributed by atoms with van der Waals surface area (Å²) in [7, 11) is 30.2. The van der Waals surface area contributed by atoms with Gasteiger partial charge in [-0.05, 0) is 0 Å². The summed E-state index contributed by atoms with van der Waals surface area (Å²) >= 11 is 0. The van der Waals surface area contributed by atoms with Crippen molar-refractivity contribution >= 4 is 58.1 Å². The van der Waals surface area contributed by atoms with Crippen LogP contribution >= 0.6 is 58.1 Å². The van der Waals surface area contributed by atoms with Crippen molar-refractivity contribution in [3.8, 4) is 0 Å². The van der Waals surface area contributed by atoms with Gasteiger partial charge in [-0.15, -0.1) is 0 Å². The molecule has 2 N–H and O–H groups in total. The summed E-state index contributed by atoms with van der Waals surface area (Å²) in [5.74, 6) is 0. The summed E-state index contributed by atoms with van der Waals surface area (Å²) in [6, 6.07) is 0. The van der Waals surface area contributed by atoms with Crippen molar-refractivity contribution in [2.45, 2.75) is 0 Å². The molecule has 0 saturated carbocycles. The van der Waals surface area contributed by atoms with Crippen LogP contribution in [0.25, 0.3) is 6.15 Å². The molecule has 0 saturated heterocycles. The van der Waals surface area contributed by atoms with E-state index < -0.39 is 6.48 Å². The van der Waals surface area contributed by atoms with Crippen LogP contribution in [0.2, 0.25) is 0 Å². The van der Waals surface area contributed by atoms with Crippen molar-refractivity contribution in [3.05, 3.63) is 6.15 Å². The molecule has 0 rings (SSSR count). The minimum absolute atomic E-state index is 0. The van der Waals surface area contributed by atoms with Crippen molar-refractivity contribution in [1.29, 1.82) is 0 Å². The zero-order valence-corrected chi connectivity index (χ0v) is 9.35. The average Bonchev–Trinajstić information content (AvgIpc) is 0.592. The van der Waals surface area contributed by atoms with Crippen LogP contribution in [0, 0.1) is 0 Å². The summed E-state index contributed by atoms with van der Waals surface area (Å²) in [6.45, 7) is -5.15. The third-order valence-electron chi connectivity index (χ3n) is 0. The number of hydrogen-bond acceptors (Lipinski definition) is 0. The summed E-state index contributed by atoms with van der Waals surface area (Å²) < 4.78 is 0. The zero-order chi connectivity index (χ0) is 6.41. The van der Waals surface area contributed by atoms with Crippen LogP contribution in [-0.4, -0.2) is 0 Å². The maximum atomic E-state index is 5.04. The summed E-state index contributed by atoms with van der Waals surface area (Å²) in [5.41, 5.74) is 0. The molecule has 0 aliphatic carbocycles. The molecule has 0 aromatic carbocycles. The summed E-state index contributed by atoms with van der Waals surface area (Å²) in [6.07, 6.45) is 0. The molecule has 0 aliphatic rings. The van der Waals surface area contributed by atoms with Crippen LogP contribution in [0.4, 0.5) is 0 Å². The fourth-order valence-corrected chi connectivity index (χ4v) is 0. The largest absolute Gasteiger partial charge is 0.693 e. The van der Waals surface area contributed by atoms with E-state index in [1.54, 1.807) is 0 Å². The number of hydrogen-bond donors (Lipinski definition) is 0. The van der Waals surface area contributed by atoms with E-state index in [9.17, 15) is 0 Å². The molecule has 0 aromatic heterocycles. The molecule has 0 unspecified atom stereocenters. The molecule has 0 fully saturated rings. The van der Waals surface area contributed by atoms with Gasteiger partial charge in [0.05, 0.1) is 0 Å². The number of halogens is 6. The Kier molecular flexibility index (Phi) is 3.48. The van der Waals surface area contributed by atoms with Gasteiger partial charge in [0.2, 0.25) is 0 Å². The molecule has 0 spiro atoms. The minimum atomic E-state index is -5.15. The van der Waals surface area contributed by atoms with E-state index in [4.69, 9.17) is 58.1 Å². The molecule has 0 radical (unpaired) electrons. The van der Waals surface area contributed by atoms with Gasteiger partial charge in [-0.3, -0.25) is 0 Å². The van der Waals surface area contributed by atoms with E-state index in [0.29, 0.717) is 0 Å². The first-order valence-electron chi connectivity index (χ1n) is 0.756. The number of rotatable bonds is 0. The minimum Gasteiger partial charge on any atom is -0.693 e. The van der Waals surface area contributed by atoms with E-state index >= 15 is 0 Å². The molecule has 1 nitrogen and oxygen atoms in total. The molecule has 0 heterocycles. The summed E-state index contributed by atoms with van der Waals surface area (Å²) in [5, 5.41) is 0. The van der Waals surface area contributed by atoms with Gasteiger partial charge < -0.3 is 6.15 Å². The SMILES string of the molecule is [Cl][Rh]([Cl])([Cl])([Cl])([Cl])[Cl].[NH2-]. The zero-order valence-electron chi connectivity index (χ0n) is 3.18. The van der Waals surface area contributed by atoms with Crippen LogP contribution in [0.15, 0.2) is 0 Å². The molecule has 59 valence electrons.